The summed E-state index contributed by atoms with van der Waals surface area (Å²) in [5, 5.41) is 18.9. The molecule has 0 aliphatic carbocycles. The number of aliphatic hydroxyl groups is 1. The Bertz CT molecular complexity index is 392. The molecule has 1 heterocycles. The lowest BCUT2D eigenvalue weighted by Crippen LogP contribution is -2.49. The van der Waals surface area contributed by atoms with Crippen molar-refractivity contribution >= 4 is 0 Å². The van der Waals surface area contributed by atoms with Crippen molar-refractivity contribution in [2.24, 2.45) is 5.73 Å². The molecule has 0 bridgehead atoms. The number of para-hydroxylation sites is 1. The first-order valence-electron chi connectivity index (χ1n) is 6.81. The van der Waals surface area contributed by atoms with Crippen molar-refractivity contribution in [3.63, 3.8) is 0 Å². The molecular weight excluding hydrogens is 242 g/mol. The summed E-state index contributed by atoms with van der Waals surface area (Å²) >= 11 is 0. The molecule has 1 fully saturated rings. The summed E-state index contributed by atoms with van der Waals surface area (Å²) in [7, 11) is 0. The van der Waals surface area contributed by atoms with Crippen molar-refractivity contribution in [1.29, 1.82) is 0 Å². The normalized spacial score (nSPS) is 19.5. The fourth-order valence-electron chi connectivity index (χ4n) is 2.68. The van der Waals surface area contributed by atoms with Gasteiger partial charge < -0.3 is 15.9 Å². The molecule has 2 rings (SSSR count). The molecule has 1 aliphatic heterocycles. The van der Waals surface area contributed by atoms with Gasteiger partial charge in [-0.15, -0.1) is 0 Å². The summed E-state index contributed by atoms with van der Waals surface area (Å²) in [6.07, 6.45) is 0. The molecule has 1 saturated heterocycles. The van der Waals surface area contributed by atoms with Gasteiger partial charge in [0, 0.05) is 44.8 Å². The highest BCUT2D eigenvalue weighted by molar-refractivity contribution is 5.34. The Kier molecular flexibility index (Phi) is 5.15. The molecule has 0 radical (unpaired) electrons. The molecule has 0 amide bonds. The molecule has 5 nitrogen and oxygen atoms in total. The number of β-amino-alcohol motifs (C(OH)–C–C–N with tert-alkyl or cyclic N) is 1. The van der Waals surface area contributed by atoms with Crippen molar-refractivity contribution in [3.8, 4) is 5.75 Å². The van der Waals surface area contributed by atoms with E-state index in [1.54, 1.807) is 6.07 Å². The topological polar surface area (TPSA) is 73.0 Å². The summed E-state index contributed by atoms with van der Waals surface area (Å²) in [4.78, 5) is 4.55. The van der Waals surface area contributed by atoms with Gasteiger partial charge in [0.1, 0.15) is 5.75 Å². The molecule has 1 aromatic carbocycles. The molecule has 0 aromatic heterocycles. The Morgan fingerprint density at radius 3 is 2.42 bits per heavy atom. The fourth-order valence-corrected chi connectivity index (χ4v) is 2.68. The second-order valence-corrected chi connectivity index (χ2v) is 4.91. The fraction of sp³-hybridized carbons (Fsp3) is 0.571. The Balaban J connectivity index is 2.02. The van der Waals surface area contributed by atoms with E-state index in [1.165, 1.54) is 0 Å². The number of hydrogen-bond acceptors (Lipinski definition) is 5. The van der Waals surface area contributed by atoms with Crippen LogP contribution in [0, 0.1) is 0 Å². The van der Waals surface area contributed by atoms with Crippen molar-refractivity contribution < 1.29 is 10.2 Å². The van der Waals surface area contributed by atoms with Gasteiger partial charge in [-0.25, -0.2) is 0 Å². The van der Waals surface area contributed by atoms with Gasteiger partial charge in [0.15, 0.2) is 0 Å². The first-order chi connectivity index (χ1) is 9.26. The first kappa shape index (κ1) is 14.3. The standard InChI is InChI=1S/C14H23N3O2/c15-11-13(12-3-1-2-4-14(12)19)17-7-5-16(6-8-17)9-10-18/h1-4,13,18-19H,5-11,15H2. The molecule has 1 atom stereocenters. The zero-order chi connectivity index (χ0) is 13.7. The molecule has 1 aromatic rings. The second kappa shape index (κ2) is 6.86. The summed E-state index contributed by atoms with van der Waals surface area (Å²) < 4.78 is 0. The Labute approximate surface area is 114 Å². The molecule has 4 N–H and O–H groups in total. The van der Waals surface area contributed by atoms with Gasteiger partial charge in [0.2, 0.25) is 0 Å². The minimum absolute atomic E-state index is 0.0671. The average Bonchev–Trinajstić information content (AvgIpc) is 2.44. The van der Waals surface area contributed by atoms with E-state index in [1.807, 2.05) is 18.2 Å². The smallest absolute Gasteiger partial charge is 0.120 e. The lowest BCUT2D eigenvalue weighted by molar-refractivity contribution is 0.0849. The number of phenols is 1. The molecule has 106 valence electrons. The third kappa shape index (κ3) is 3.45. The number of phenolic OH excluding ortho intramolecular Hbond substituents is 1. The number of nitrogens with zero attached hydrogens (tertiary/aromatic N) is 2. The van der Waals surface area contributed by atoms with Gasteiger partial charge in [0.25, 0.3) is 0 Å². The number of nitrogens with two attached hydrogens (primary N) is 1. The summed E-state index contributed by atoms with van der Waals surface area (Å²) in [5.74, 6) is 0.315. The second-order valence-electron chi connectivity index (χ2n) is 4.91. The molecule has 1 unspecified atom stereocenters. The van der Waals surface area contributed by atoms with Crippen LogP contribution in [0.4, 0.5) is 0 Å². The molecule has 1 aliphatic rings. The predicted molar refractivity (Wildman–Crippen MR) is 75.0 cm³/mol. The minimum Gasteiger partial charge on any atom is -0.508 e. The number of benzene rings is 1. The number of piperazine rings is 1. The Morgan fingerprint density at radius 1 is 1.16 bits per heavy atom. The molecule has 0 saturated carbocycles. The Hall–Kier alpha value is -1.14. The lowest BCUT2D eigenvalue weighted by Gasteiger charge is -2.39. The number of hydrogen-bond donors (Lipinski definition) is 3. The third-order valence-electron chi connectivity index (χ3n) is 3.78. The van der Waals surface area contributed by atoms with Crippen LogP contribution in [0.15, 0.2) is 24.3 Å². The van der Waals surface area contributed by atoms with Crippen LogP contribution in [0.2, 0.25) is 0 Å². The highest BCUT2D eigenvalue weighted by Gasteiger charge is 2.25. The zero-order valence-electron chi connectivity index (χ0n) is 11.2. The van der Waals surface area contributed by atoms with Gasteiger partial charge in [-0.2, -0.15) is 0 Å². The molecule has 19 heavy (non-hydrogen) atoms. The monoisotopic (exact) mass is 265 g/mol. The van der Waals surface area contributed by atoms with Gasteiger partial charge in [-0.05, 0) is 6.07 Å². The van der Waals surface area contributed by atoms with Crippen molar-refractivity contribution in [3.05, 3.63) is 29.8 Å². The van der Waals surface area contributed by atoms with Gasteiger partial charge in [-0.3, -0.25) is 9.80 Å². The van der Waals surface area contributed by atoms with E-state index >= 15 is 0 Å². The van der Waals surface area contributed by atoms with Crippen LogP contribution in [0.5, 0.6) is 5.75 Å². The van der Waals surface area contributed by atoms with Gasteiger partial charge in [0.05, 0.1) is 12.6 Å². The maximum Gasteiger partial charge on any atom is 0.120 e. The summed E-state index contributed by atoms with van der Waals surface area (Å²) in [6.45, 7) is 5.14. The van der Waals surface area contributed by atoms with Crippen molar-refractivity contribution in [1.82, 2.24) is 9.80 Å². The van der Waals surface area contributed by atoms with E-state index in [0.29, 0.717) is 12.3 Å². The van der Waals surface area contributed by atoms with Crippen LogP contribution in [-0.4, -0.2) is 65.9 Å². The average molecular weight is 265 g/mol. The van der Waals surface area contributed by atoms with Crippen LogP contribution in [-0.2, 0) is 0 Å². The van der Waals surface area contributed by atoms with Crippen LogP contribution >= 0.6 is 0 Å². The minimum atomic E-state index is 0.0671. The van der Waals surface area contributed by atoms with Crippen LogP contribution < -0.4 is 5.73 Å². The lowest BCUT2D eigenvalue weighted by atomic mass is 10.0. The zero-order valence-corrected chi connectivity index (χ0v) is 11.2. The third-order valence-corrected chi connectivity index (χ3v) is 3.78. The van der Waals surface area contributed by atoms with Crippen molar-refractivity contribution in [2.45, 2.75) is 6.04 Å². The summed E-state index contributed by atoms with van der Waals surface area (Å²) in [5.41, 5.74) is 6.79. The van der Waals surface area contributed by atoms with E-state index in [9.17, 15) is 5.11 Å². The molecule has 5 heteroatoms. The number of aliphatic hydroxyl groups excluding tert-OH is 1. The largest absolute Gasteiger partial charge is 0.508 e. The summed E-state index contributed by atoms with van der Waals surface area (Å²) in [6, 6.07) is 7.47. The molecular formula is C14H23N3O2. The van der Waals surface area contributed by atoms with E-state index < -0.39 is 0 Å². The maximum absolute atomic E-state index is 9.95. The van der Waals surface area contributed by atoms with E-state index in [4.69, 9.17) is 10.8 Å². The van der Waals surface area contributed by atoms with E-state index in [0.717, 1.165) is 38.3 Å². The quantitative estimate of drug-likeness (QED) is 0.699. The highest BCUT2D eigenvalue weighted by atomic mass is 16.3. The number of rotatable bonds is 5. The first-order valence-corrected chi connectivity index (χ1v) is 6.81. The van der Waals surface area contributed by atoms with E-state index in [2.05, 4.69) is 9.80 Å². The van der Waals surface area contributed by atoms with Crippen LogP contribution in [0.1, 0.15) is 11.6 Å². The van der Waals surface area contributed by atoms with Crippen molar-refractivity contribution in [2.75, 3.05) is 45.9 Å². The maximum atomic E-state index is 9.95. The van der Waals surface area contributed by atoms with Gasteiger partial charge in [-0.1, -0.05) is 18.2 Å². The van der Waals surface area contributed by atoms with E-state index in [-0.39, 0.29) is 12.6 Å². The van der Waals surface area contributed by atoms with Crippen LogP contribution in [0.25, 0.3) is 0 Å². The van der Waals surface area contributed by atoms with Crippen LogP contribution in [0.3, 0.4) is 0 Å². The SMILES string of the molecule is NCC(c1ccccc1O)N1CCN(CCO)CC1. The molecule has 0 spiro atoms. The number of aromatic hydroxyl groups is 1. The van der Waals surface area contributed by atoms with Gasteiger partial charge >= 0.3 is 0 Å². The Morgan fingerprint density at radius 2 is 1.84 bits per heavy atom. The predicted octanol–water partition coefficient (Wildman–Crippen LogP) is 0.00190. The highest BCUT2D eigenvalue weighted by Crippen LogP contribution is 2.28.